The Balaban J connectivity index is 2.61. The summed E-state index contributed by atoms with van der Waals surface area (Å²) in [6.45, 7) is 11.1. The van der Waals surface area contributed by atoms with E-state index in [-0.39, 0.29) is 0 Å². The molecular formula is C17H23NS. The van der Waals surface area contributed by atoms with E-state index in [2.05, 4.69) is 65.2 Å². The third-order valence-electron chi connectivity index (χ3n) is 4.05. The lowest BCUT2D eigenvalue weighted by atomic mass is 9.89. The fourth-order valence-corrected chi connectivity index (χ4v) is 3.72. The normalized spacial score (nSPS) is 12.7. The summed E-state index contributed by atoms with van der Waals surface area (Å²) in [4.78, 5) is 2.77. The van der Waals surface area contributed by atoms with Crippen molar-refractivity contribution >= 4 is 11.3 Å². The van der Waals surface area contributed by atoms with Crippen LogP contribution in [0.3, 0.4) is 0 Å². The van der Waals surface area contributed by atoms with E-state index in [1.165, 1.54) is 37.6 Å². The number of thiophene rings is 1. The van der Waals surface area contributed by atoms with Crippen LogP contribution in [0.25, 0.3) is 0 Å². The standard InChI is InChI=1S/C17H23NS/c1-10-9-11(2)14(5)16(13(10)4)17(18-6)15-8-7-12(3)19-15/h7-9,17-18H,1-6H3. The Morgan fingerprint density at radius 3 is 1.95 bits per heavy atom. The molecule has 0 radical (unpaired) electrons. The molecule has 2 aromatic rings. The van der Waals surface area contributed by atoms with Crippen molar-refractivity contribution in [2.24, 2.45) is 0 Å². The molecule has 19 heavy (non-hydrogen) atoms. The van der Waals surface area contributed by atoms with Gasteiger partial charge in [-0.25, -0.2) is 0 Å². The van der Waals surface area contributed by atoms with Crippen LogP contribution in [0.2, 0.25) is 0 Å². The van der Waals surface area contributed by atoms with Gasteiger partial charge in [0.05, 0.1) is 6.04 Å². The average molecular weight is 273 g/mol. The minimum atomic E-state index is 0.303. The molecular weight excluding hydrogens is 250 g/mol. The van der Waals surface area contributed by atoms with E-state index < -0.39 is 0 Å². The van der Waals surface area contributed by atoms with Gasteiger partial charge in [-0.2, -0.15) is 0 Å². The first-order chi connectivity index (χ1) is 8.95. The number of benzene rings is 1. The zero-order valence-corrected chi connectivity index (χ0v) is 13.5. The molecule has 1 aromatic heterocycles. The molecule has 1 heterocycles. The van der Waals surface area contributed by atoms with E-state index in [0.717, 1.165) is 0 Å². The Kier molecular flexibility index (Phi) is 4.12. The predicted octanol–water partition coefficient (Wildman–Crippen LogP) is 4.60. The second-order valence-electron chi connectivity index (χ2n) is 5.34. The number of hydrogen-bond donors (Lipinski definition) is 1. The maximum absolute atomic E-state index is 3.49. The largest absolute Gasteiger partial charge is 0.309 e. The van der Waals surface area contributed by atoms with Gasteiger partial charge < -0.3 is 5.32 Å². The highest BCUT2D eigenvalue weighted by Crippen LogP contribution is 2.34. The Morgan fingerprint density at radius 2 is 1.53 bits per heavy atom. The second kappa shape index (κ2) is 5.48. The molecule has 0 aliphatic carbocycles. The van der Waals surface area contributed by atoms with Crippen molar-refractivity contribution in [2.45, 2.75) is 40.7 Å². The first-order valence-corrected chi connectivity index (χ1v) is 7.58. The molecule has 1 aromatic carbocycles. The smallest absolute Gasteiger partial charge is 0.0674 e. The molecule has 2 heteroatoms. The molecule has 0 saturated carbocycles. The fourth-order valence-electron chi connectivity index (χ4n) is 2.72. The van der Waals surface area contributed by atoms with Crippen molar-refractivity contribution in [2.75, 3.05) is 7.05 Å². The van der Waals surface area contributed by atoms with Gasteiger partial charge >= 0.3 is 0 Å². The van der Waals surface area contributed by atoms with Gasteiger partial charge in [-0.15, -0.1) is 11.3 Å². The van der Waals surface area contributed by atoms with Crippen molar-refractivity contribution in [3.05, 3.63) is 55.8 Å². The summed E-state index contributed by atoms with van der Waals surface area (Å²) in [5.74, 6) is 0. The van der Waals surface area contributed by atoms with Crippen LogP contribution < -0.4 is 5.32 Å². The van der Waals surface area contributed by atoms with Gasteiger partial charge in [0.2, 0.25) is 0 Å². The van der Waals surface area contributed by atoms with E-state index in [1.807, 2.05) is 11.3 Å². The summed E-state index contributed by atoms with van der Waals surface area (Å²) in [6.07, 6.45) is 0. The molecule has 0 amide bonds. The highest BCUT2D eigenvalue weighted by atomic mass is 32.1. The van der Waals surface area contributed by atoms with Gasteiger partial charge in [0.15, 0.2) is 0 Å². The van der Waals surface area contributed by atoms with Gasteiger partial charge in [-0.1, -0.05) is 6.07 Å². The summed E-state index contributed by atoms with van der Waals surface area (Å²) in [7, 11) is 2.05. The molecule has 0 bridgehead atoms. The first-order valence-electron chi connectivity index (χ1n) is 6.76. The van der Waals surface area contributed by atoms with Crippen LogP contribution in [0.1, 0.15) is 43.6 Å². The monoisotopic (exact) mass is 273 g/mol. The summed E-state index contributed by atoms with van der Waals surface area (Å²) < 4.78 is 0. The molecule has 1 N–H and O–H groups in total. The Morgan fingerprint density at radius 1 is 0.947 bits per heavy atom. The van der Waals surface area contributed by atoms with Gasteiger partial charge in [0.25, 0.3) is 0 Å². The van der Waals surface area contributed by atoms with Crippen molar-refractivity contribution in [1.29, 1.82) is 0 Å². The maximum atomic E-state index is 3.49. The van der Waals surface area contributed by atoms with Crippen LogP contribution in [0.4, 0.5) is 0 Å². The van der Waals surface area contributed by atoms with Crippen LogP contribution >= 0.6 is 11.3 Å². The van der Waals surface area contributed by atoms with Crippen LogP contribution in [0.5, 0.6) is 0 Å². The third-order valence-corrected chi connectivity index (χ3v) is 5.11. The quantitative estimate of drug-likeness (QED) is 0.862. The number of rotatable bonds is 3. The molecule has 2 rings (SSSR count). The van der Waals surface area contributed by atoms with Crippen molar-refractivity contribution in [3.8, 4) is 0 Å². The predicted molar refractivity (Wildman–Crippen MR) is 85.3 cm³/mol. The lowest BCUT2D eigenvalue weighted by Crippen LogP contribution is -2.19. The highest BCUT2D eigenvalue weighted by Gasteiger charge is 2.20. The van der Waals surface area contributed by atoms with Gasteiger partial charge in [0.1, 0.15) is 0 Å². The molecule has 0 aliphatic heterocycles. The summed E-state index contributed by atoms with van der Waals surface area (Å²) >= 11 is 1.88. The Hall–Kier alpha value is -1.12. The minimum Gasteiger partial charge on any atom is -0.309 e. The molecule has 0 aliphatic rings. The van der Waals surface area contributed by atoms with E-state index in [0.29, 0.717) is 6.04 Å². The van der Waals surface area contributed by atoms with E-state index in [1.54, 1.807) is 0 Å². The Labute approximate surface area is 120 Å². The second-order valence-corrected chi connectivity index (χ2v) is 6.66. The first kappa shape index (κ1) is 14.3. The fraction of sp³-hybridized carbons (Fsp3) is 0.412. The molecule has 1 unspecified atom stereocenters. The maximum Gasteiger partial charge on any atom is 0.0674 e. The highest BCUT2D eigenvalue weighted by molar-refractivity contribution is 7.12. The van der Waals surface area contributed by atoms with Gasteiger partial charge in [-0.3, -0.25) is 0 Å². The van der Waals surface area contributed by atoms with E-state index in [9.17, 15) is 0 Å². The average Bonchev–Trinajstić information content (AvgIpc) is 2.78. The van der Waals surface area contributed by atoms with Crippen molar-refractivity contribution in [3.63, 3.8) is 0 Å². The molecule has 0 saturated heterocycles. The number of nitrogens with one attached hydrogen (secondary N) is 1. The number of hydrogen-bond acceptors (Lipinski definition) is 2. The van der Waals surface area contributed by atoms with Gasteiger partial charge in [0, 0.05) is 9.75 Å². The summed E-state index contributed by atoms with van der Waals surface area (Å²) in [5.41, 5.74) is 7.03. The molecule has 0 spiro atoms. The topological polar surface area (TPSA) is 12.0 Å². The Bertz CT molecular complexity index is 569. The zero-order valence-electron chi connectivity index (χ0n) is 12.7. The van der Waals surface area contributed by atoms with E-state index >= 15 is 0 Å². The van der Waals surface area contributed by atoms with Crippen LogP contribution in [-0.2, 0) is 0 Å². The summed E-state index contributed by atoms with van der Waals surface area (Å²) in [5, 5.41) is 3.49. The van der Waals surface area contributed by atoms with Crippen LogP contribution in [0, 0.1) is 34.6 Å². The molecule has 0 fully saturated rings. The van der Waals surface area contributed by atoms with Crippen LogP contribution in [0.15, 0.2) is 18.2 Å². The molecule has 102 valence electrons. The van der Waals surface area contributed by atoms with Gasteiger partial charge in [-0.05, 0) is 81.6 Å². The minimum absolute atomic E-state index is 0.303. The molecule has 1 atom stereocenters. The van der Waals surface area contributed by atoms with Crippen LogP contribution in [-0.4, -0.2) is 7.05 Å². The summed E-state index contributed by atoms with van der Waals surface area (Å²) in [6, 6.07) is 7.05. The SMILES string of the molecule is CNC(c1ccc(C)s1)c1c(C)c(C)cc(C)c1C. The van der Waals surface area contributed by atoms with E-state index in [4.69, 9.17) is 0 Å². The lowest BCUT2D eigenvalue weighted by Gasteiger charge is -2.23. The van der Waals surface area contributed by atoms with Crippen molar-refractivity contribution in [1.82, 2.24) is 5.32 Å². The molecule has 1 nitrogen and oxygen atoms in total. The van der Waals surface area contributed by atoms with Crippen molar-refractivity contribution < 1.29 is 0 Å². The lowest BCUT2D eigenvalue weighted by molar-refractivity contribution is 0.693. The third kappa shape index (κ3) is 2.60. The zero-order chi connectivity index (χ0) is 14.2. The number of aryl methyl sites for hydroxylation is 3.